The van der Waals surface area contributed by atoms with Crippen LogP contribution >= 0.6 is 0 Å². The highest BCUT2D eigenvalue weighted by Gasteiger charge is 2.19. The summed E-state index contributed by atoms with van der Waals surface area (Å²) in [5.74, 6) is 0.949. The number of aliphatic hydroxyl groups excluding tert-OH is 1. The molecule has 2 heteroatoms. The Hall–Kier alpha value is -1.02. The van der Waals surface area contributed by atoms with Crippen molar-refractivity contribution in [3.05, 3.63) is 29.8 Å². The van der Waals surface area contributed by atoms with Gasteiger partial charge in [0, 0.05) is 18.3 Å². The summed E-state index contributed by atoms with van der Waals surface area (Å²) in [6.45, 7) is 2.55. The summed E-state index contributed by atoms with van der Waals surface area (Å²) in [5, 5.41) is 12.5. The second-order valence-corrected chi connectivity index (χ2v) is 5.61. The maximum absolute atomic E-state index is 8.86. The van der Waals surface area contributed by atoms with Crippen LogP contribution in [0.2, 0.25) is 0 Å². The van der Waals surface area contributed by atoms with E-state index in [2.05, 4.69) is 36.5 Å². The zero-order valence-electron chi connectivity index (χ0n) is 11.4. The minimum atomic E-state index is 0.274. The summed E-state index contributed by atoms with van der Waals surface area (Å²) in [5.41, 5.74) is 2.53. The third-order valence-corrected chi connectivity index (χ3v) is 3.88. The van der Waals surface area contributed by atoms with Gasteiger partial charge in [-0.1, -0.05) is 31.4 Å². The number of hydrogen-bond acceptors (Lipinski definition) is 2. The molecule has 1 unspecified atom stereocenters. The summed E-state index contributed by atoms with van der Waals surface area (Å²) in [6, 6.07) is 9.15. The molecule has 1 atom stereocenters. The molecule has 1 aromatic rings. The van der Waals surface area contributed by atoms with Gasteiger partial charge in [0.25, 0.3) is 0 Å². The molecular formula is C16H25NO. The first-order valence-corrected chi connectivity index (χ1v) is 7.24. The van der Waals surface area contributed by atoms with Crippen molar-refractivity contribution in [3.63, 3.8) is 0 Å². The van der Waals surface area contributed by atoms with Gasteiger partial charge < -0.3 is 10.4 Å². The molecular weight excluding hydrogens is 222 g/mol. The van der Waals surface area contributed by atoms with Crippen molar-refractivity contribution in [3.8, 4) is 0 Å². The molecule has 0 bridgehead atoms. The van der Waals surface area contributed by atoms with Crippen LogP contribution in [0.4, 0.5) is 5.69 Å². The lowest BCUT2D eigenvalue weighted by molar-refractivity contribution is 0.286. The van der Waals surface area contributed by atoms with E-state index < -0.39 is 0 Å². The largest absolute Gasteiger partial charge is 0.396 e. The number of aliphatic hydroxyl groups is 1. The zero-order chi connectivity index (χ0) is 12.8. The Morgan fingerprint density at radius 1 is 1.39 bits per heavy atom. The number of anilines is 1. The van der Waals surface area contributed by atoms with Crippen LogP contribution in [-0.2, 0) is 6.42 Å². The molecule has 1 fully saturated rings. The maximum atomic E-state index is 8.86. The molecule has 0 amide bonds. The summed E-state index contributed by atoms with van der Waals surface area (Å²) in [6.07, 6.45) is 7.37. The van der Waals surface area contributed by atoms with Gasteiger partial charge in [-0.2, -0.15) is 0 Å². The first-order chi connectivity index (χ1) is 8.78. The van der Waals surface area contributed by atoms with Crippen LogP contribution in [0.5, 0.6) is 0 Å². The summed E-state index contributed by atoms with van der Waals surface area (Å²) < 4.78 is 0. The van der Waals surface area contributed by atoms with E-state index in [-0.39, 0.29) is 6.61 Å². The van der Waals surface area contributed by atoms with Crippen LogP contribution in [0, 0.1) is 5.92 Å². The van der Waals surface area contributed by atoms with E-state index in [0.717, 1.165) is 18.8 Å². The molecule has 0 aliphatic heterocycles. The quantitative estimate of drug-likeness (QED) is 0.771. The Morgan fingerprint density at radius 3 is 2.89 bits per heavy atom. The molecule has 0 aromatic heterocycles. The maximum Gasteiger partial charge on any atom is 0.0434 e. The van der Waals surface area contributed by atoms with Gasteiger partial charge in [0.05, 0.1) is 0 Å². The summed E-state index contributed by atoms with van der Waals surface area (Å²) in [4.78, 5) is 0. The monoisotopic (exact) mass is 247 g/mol. The van der Waals surface area contributed by atoms with E-state index in [1.165, 1.54) is 36.9 Å². The third kappa shape index (κ3) is 4.02. The lowest BCUT2D eigenvalue weighted by Gasteiger charge is -2.29. The topological polar surface area (TPSA) is 32.3 Å². The lowest BCUT2D eigenvalue weighted by atomic mass is 9.81. The van der Waals surface area contributed by atoms with E-state index >= 15 is 0 Å². The Balaban J connectivity index is 1.83. The van der Waals surface area contributed by atoms with E-state index in [0.29, 0.717) is 6.04 Å². The first-order valence-electron chi connectivity index (χ1n) is 7.24. The molecule has 1 aliphatic rings. The fourth-order valence-electron chi connectivity index (χ4n) is 2.67. The van der Waals surface area contributed by atoms with Crippen LogP contribution in [0.15, 0.2) is 24.3 Å². The SMILES string of the molecule is CC(CC1CCC1)Nc1cccc(CCCO)c1. The number of rotatable bonds is 7. The minimum absolute atomic E-state index is 0.274. The van der Waals surface area contributed by atoms with Crippen LogP contribution in [-0.4, -0.2) is 17.8 Å². The van der Waals surface area contributed by atoms with E-state index in [9.17, 15) is 0 Å². The normalized spacial score (nSPS) is 17.2. The third-order valence-electron chi connectivity index (χ3n) is 3.88. The van der Waals surface area contributed by atoms with Crippen molar-refractivity contribution in [2.45, 2.75) is 51.5 Å². The smallest absolute Gasteiger partial charge is 0.0434 e. The second-order valence-electron chi connectivity index (χ2n) is 5.61. The Morgan fingerprint density at radius 2 is 2.22 bits per heavy atom. The van der Waals surface area contributed by atoms with Gasteiger partial charge in [-0.15, -0.1) is 0 Å². The van der Waals surface area contributed by atoms with Crippen molar-refractivity contribution in [2.24, 2.45) is 5.92 Å². The Bertz CT molecular complexity index is 360. The van der Waals surface area contributed by atoms with Gasteiger partial charge in [0.1, 0.15) is 0 Å². The van der Waals surface area contributed by atoms with Crippen LogP contribution < -0.4 is 5.32 Å². The molecule has 1 aromatic carbocycles. The Kier molecular flexibility index (Phi) is 5.06. The zero-order valence-corrected chi connectivity index (χ0v) is 11.4. The molecule has 100 valence electrons. The fraction of sp³-hybridized carbons (Fsp3) is 0.625. The number of benzene rings is 1. The van der Waals surface area contributed by atoms with E-state index in [4.69, 9.17) is 5.11 Å². The van der Waals surface area contributed by atoms with Crippen molar-refractivity contribution in [2.75, 3.05) is 11.9 Å². The van der Waals surface area contributed by atoms with Gasteiger partial charge in [0.15, 0.2) is 0 Å². The van der Waals surface area contributed by atoms with E-state index in [1.807, 2.05) is 0 Å². The molecule has 2 nitrogen and oxygen atoms in total. The molecule has 0 heterocycles. The van der Waals surface area contributed by atoms with Gasteiger partial charge in [-0.25, -0.2) is 0 Å². The molecule has 1 aliphatic carbocycles. The van der Waals surface area contributed by atoms with Gasteiger partial charge in [-0.3, -0.25) is 0 Å². The summed E-state index contributed by atoms with van der Waals surface area (Å²) in [7, 11) is 0. The number of aryl methyl sites for hydroxylation is 1. The van der Waals surface area contributed by atoms with Crippen molar-refractivity contribution in [1.82, 2.24) is 0 Å². The number of hydrogen-bond donors (Lipinski definition) is 2. The fourth-order valence-corrected chi connectivity index (χ4v) is 2.67. The highest BCUT2D eigenvalue weighted by Crippen LogP contribution is 2.31. The molecule has 0 radical (unpaired) electrons. The number of nitrogens with one attached hydrogen (secondary N) is 1. The summed E-state index contributed by atoms with van der Waals surface area (Å²) >= 11 is 0. The van der Waals surface area contributed by atoms with Crippen molar-refractivity contribution < 1.29 is 5.11 Å². The van der Waals surface area contributed by atoms with E-state index in [1.54, 1.807) is 0 Å². The van der Waals surface area contributed by atoms with Crippen molar-refractivity contribution >= 4 is 5.69 Å². The average Bonchev–Trinajstić information content (AvgIpc) is 2.32. The van der Waals surface area contributed by atoms with Gasteiger partial charge in [0.2, 0.25) is 0 Å². The van der Waals surface area contributed by atoms with Gasteiger partial charge in [-0.05, 0) is 49.8 Å². The molecule has 0 spiro atoms. The van der Waals surface area contributed by atoms with Crippen LogP contribution in [0.25, 0.3) is 0 Å². The molecule has 2 rings (SSSR count). The second kappa shape index (κ2) is 6.79. The highest BCUT2D eigenvalue weighted by atomic mass is 16.2. The predicted molar refractivity (Wildman–Crippen MR) is 76.9 cm³/mol. The molecule has 18 heavy (non-hydrogen) atoms. The molecule has 1 saturated carbocycles. The van der Waals surface area contributed by atoms with Crippen molar-refractivity contribution in [1.29, 1.82) is 0 Å². The van der Waals surface area contributed by atoms with Crippen LogP contribution in [0.1, 0.15) is 44.6 Å². The minimum Gasteiger partial charge on any atom is -0.396 e. The first kappa shape index (κ1) is 13.4. The van der Waals surface area contributed by atoms with Gasteiger partial charge >= 0.3 is 0 Å². The molecule has 0 saturated heterocycles. The van der Waals surface area contributed by atoms with Crippen LogP contribution in [0.3, 0.4) is 0 Å². The predicted octanol–water partition coefficient (Wildman–Crippen LogP) is 3.60. The average molecular weight is 247 g/mol. The lowest BCUT2D eigenvalue weighted by Crippen LogP contribution is -2.23. The molecule has 2 N–H and O–H groups in total. The Labute approximate surface area is 110 Å². The standard InChI is InChI=1S/C16H25NO/c1-13(11-14-5-2-6-14)17-16-9-3-7-15(12-16)8-4-10-18/h3,7,9,12-14,17-18H,2,4-6,8,10-11H2,1H3. The highest BCUT2D eigenvalue weighted by molar-refractivity contribution is 5.46.